The maximum atomic E-state index is 12.1. The number of nitrogens with zero attached hydrogens (tertiary/aromatic N) is 2. The minimum Gasteiger partial charge on any atom is -0.324 e. The highest BCUT2D eigenvalue weighted by Gasteiger charge is 2.15. The van der Waals surface area contributed by atoms with Gasteiger partial charge in [0.2, 0.25) is 5.91 Å². The topological polar surface area (TPSA) is 75.5 Å². The fourth-order valence-electron chi connectivity index (χ4n) is 2.14. The van der Waals surface area contributed by atoms with Crippen molar-refractivity contribution in [1.82, 2.24) is 4.90 Å². The molecule has 0 saturated heterocycles. The van der Waals surface area contributed by atoms with Crippen molar-refractivity contribution in [2.75, 3.05) is 18.9 Å². The summed E-state index contributed by atoms with van der Waals surface area (Å²) >= 11 is 1.62. The molecule has 0 fully saturated rings. The lowest BCUT2D eigenvalue weighted by molar-refractivity contribution is -0.385. The molecule has 1 aromatic carbocycles. The van der Waals surface area contributed by atoms with Gasteiger partial charge >= 0.3 is 0 Å². The Morgan fingerprint density at radius 1 is 1.41 bits per heavy atom. The molecule has 0 aliphatic carbocycles. The van der Waals surface area contributed by atoms with Crippen LogP contribution in [0.5, 0.6) is 0 Å². The zero-order chi connectivity index (χ0) is 16.1. The van der Waals surface area contributed by atoms with Gasteiger partial charge in [0.1, 0.15) is 0 Å². The van der Waals surface area contributed by atoms with Gasteiger partial charge in [-0.15, -0.1) is 0 Å². The molecule has 0 bridgehead atoms. The number of hydrogen-bond acceptors (Lipinski definition) is 5. The van der Waals surface area contributed by atoms with Crippen molar-refractivity contribution in [1.29, 1.82) is 0 Å². The summed E-state index contributed by atoms with van der Waals surface area (Å²) in [4.78, 5) is 24.4. The number of carbonyl (C=O) groups is 1. The highest BCUT2D eigenvalue weighted by molar-refractivity contribution is 7.07. The Bertz CT molecular complexity index is 671. The highest BCUT2D eigenvalue weighted by atomic mass is 32.1. The summed E-state index contributed by atoms with van der Waals surface area (Å²) in [5.74, 6) is -0.193. The Morgan fingerprint density at radius 3 is 2.82 bits per heavy atom. The largest absolute Gasteiger partial charge is 0.324 e. The van der Waals surface area contributed by atoms with E-state index in [1.54, 1.807) is 30.4 Å². The zero-order valence-electron chi connectivity index (χ0n) is 12.4. The molecule has 0 unspecified atom stereocenters. The third-order valence-corrected chi connectivity index (χ3v) is 3.95. The number of nitro groups is 1. The zero-order valence-corrected chi connectivity index (χ0v) is 13.2. The van der Waals surface area contributed by atoms with E-state index in [-0.39, 0.29) is 18.1 Å². The minimum absolute atomic E-state index is 0.00410. The molecule has 6 nitrogen and oxygen atoms in total. The third kappa shape index (κ3) is 4.12. The van der Waals surface area contributed by atoms with E-state index in [0.29, 0.717) is 17.8 Å². The van der Waals surface area contributed by atoms with Crippen molar-refractivity contribution in [3.05, 3.63) is 56.3 Å². The monoisotopic (exact) mass is 319 g/mol. The molecule has 2 aromatic rings. The van der Waals surface area contributed by atoms with E-state index in [0.717, 1.165) is 5.56 Å². The summed E-state index contributed by atoms with van der Waals surface area (Å²) in [7, 11) is 1.86. The fraction of sp³-hybridized carbons (Fsp3) is 0.267. The summed E-state index contributed by atoms with van der Waals surface area (Å²) in [5, 5.41) is 17.7. The van der Waals surface area contributed by atoms with Crippen LogP contribution in [0.3, 0.4) is 0 Å². The van der Waals surface area contributed by atoms with E-state index in [9.17, 15) is 14.9 Å². The summed E-state index contributed by atoms with van der Waals surface area (Å²) < 4.78 is 0. The van der Waals surface area contributed by atoms with E-state index < -0.39 is 4.92 Å². The number of rotatable bonds is 6. The number of anilines is 1. The molecule has 0 saturated carbocycles. The van der Waals surface area contributed by atoms with Crippen LogP contribution < -0.4 is 5.32 Å². The molecule has 0 aliphatic rings. The van der Waals surface area contributed by atoms with Crippen molar-refractivity contribution in [2.45, 2.75) is 13.5 Å². The Kier molecular flexibility index (Phi) is 5.24. The van der Waals surface area contributed by atoms with Crippen LogP contribution in [-0.4, -0.2) is 29.3 Å². The average molecular weight is 319 g/mol. The molecule has 22 heavy (non-hydrogen) atoms. The number of hydrogen-bond donors (Lipinski definition) is 1. The smallest absolute Gasteiger partial charge is 0.274 e. The second kappa shape index (κ2) is 7.15. The SMILES string of the molecule is Cc1c(NC(=O)CN(C)Cc2ccsc2)cccc1[N+](=O)[O-]. The molecule has 1 heterocycles. The van der Waals surface area contributed by atoms with Crippen LogP contribution in [-0.2, 0) is 11.3 Å². The summed E-state index contributed by atoms with van der Waals surface area (Å²) in [6, 6.07) is 6.67. The predicted octanol–water partition coefficient (Wildman–Crippen LogP) is 3.04. The van der Waals surface area contributed by atoms with E-state index >= 15 is 0 Å². The number of nitro benzene ring substituents is 1. The van der Waals surface area contributed by atoms with E-state index in [1.807, 2.05) is 28.8 Å². The lowest BCUT2D eigenvalue weighted by Crippen LogP contribution is -2.29. The van der Waals surface area contributed by atoms with Gasteiger partial charge in [0.15, 0.2) is 0 Å². The van der Waals surface area contributed by atoms with E-state index in [1.165, 1.54) is 6.07 Å². The van der Waals surface area contributed by atoms with Crippen molar-refractivity contribution in [2.24, 2.45) is 0 Å². The van der Waals surface area contributed by atoms with Gasteiger partial charge in [-0.1, -0.05) is 6.07 Å². The van der Waals surface area contributed by atoms with Crippen LogP contribution in [0.1, 0.15) is 11.1 Å². The third-order valence-electron chi connectivity index (χ3n) is 3.22. The molecule has 0 spiro atoms. The minimum atomic E-state index is -0.451. The summed E-state index contributed by atoms with van der Waals surface area (Å²) in [6.07, 6.45) is 0. The number of likely N-dealkylation sites (N-methyl/N-ethyl adjacent to an activating group) is 1. The average Bonchev–Trinajstić information content (AvgIpc) is 2.93. The van der Waals surface area contributed by atoms with E-state index in [2.05, 4.69) is 5.32 Å². The first kappa shape index (κ1) is 16.1. The van der Waals surface area contributed by atoms with Crippen LogP contribution >= 0.6 is 11.3 Å². The summed E-state index contributed by atoms with van der Waals surface area (Å²) in [5.41, 5.74) is 2.10. The van der Waals surface area contributed by atoms with Gasteiger partial charge in [0.25, 0.3) is 5.69 Å². The molecule has 1 aromatic heterocycles. The molecule has 2 rings (SSSR count). The summed E-state index contributed by atoms with van der Waals surface area (Å²) in [6.45, 7) is 2.53. The van der Waals surface area contributed by atoms with Gasteiger partial charge in [0.05, 0.1) is 22.7 Å². The van der Waals surface area contributed by atoms with Crippen LogP contribution in [0.25, 0.3) is 0 Å². The van der Waals surface area contributed by atoms with Crippen molar-refractivity contribution >= 4 is 28.6 Å². The van der Waals surface area contributed by atoms with Gasteiger partial charge in [-0.3, -0.25) is 19.8 Å². The first-order valence-electron chi connectivity index (χ1n) is 6.71. The first-order chi connectivity index (χ1) is 10.5. The van der Waals surface area contributed by atoms with Crippen LogP contribution in [0.4, 0.5) is 11.4 Å². The number of carbonyl (C=O) groups excluding carboxylic acids is 1. The molecule has 7 heteroatoms. The maximum Gasteiger partial charge on any atom is 0.274 e. The lowest BCUT2D eigenvalue weighted by Gasteiger charge is -2.16. The molecule has 116 valence electrons. The lowest BCUT2D eigenvalue weighted by atomic mass is 10.1. The normalized spacial score (nSPS) is 10.7. The van der Waals surface area contributed by atoms with E-state index in [4.69, 9.17) is 0 Å². The van der Waals surface area contributed by atoms with Crippen molar-refractivity contribution in [3.8, 4) is 0 Å². The van der Waals surface area contributed by atoms with Crippen LogP contribution in [0, 0.1) is 17.0 Å². The maximum absolute atomic E-state index is 12.1. The highest BCUT2D eigenvalue weighted by Crippen LogP contribution is 2.24. The Morgan fingerprint density at radius 2 is 2.18 bits per heavy atom. The van der Waals surface area contributed by atoms with Crippen molar-refractivity contribution < 1.29 is 9.72 Å². The second-order valence-electron chi connectivity index (χ2n) is 5.06. The number of thiophene rings is 1. The number of benzene rings is 1. The van der Waals surface area contributed by atoms with Gasteiger partial charge < -0.3 is 5.32 Å². The Hall–Kier alpha value is -2.25. The van der Waals surface area contributed by atoms with Gasteiger partial charge in [-0.25, -0.2) is 0 Å². The standard InChI is InChI=1S/C15H17N3O3S/c1-11-13(4-3-5-14(11)18(20)21)16-15(19)9-17(2)8-12-6-7-22-10-12/h3-7,10H,8-9H2,1-2H3,(H,16,19). The predicted molar refractivity (Wildman–Crippen MR) is 87.1 cm³/mol. The molecular weight excluding hydrogens is 302 g/mol. The Labute approximate surface area is 132 Å². The van der Waals surface area contributed by atoms with Gasteiger partial charge in [-0.2, -0.15) is 11.3 Å². The fourth-order valence-corrected chi connectivity index (χ4v) is 2.80. The number of nitrogens with one attached hydrogen (secondary N) is 1. The van der Waals surface area contributed by atoms with Gasteiger partial charge in [-0.05, 0) is 42.4 Å². The van der Waals surface area contributed by atoms with Crippen LogP contribution in [0.2, 0.25) is 0 Å². The quantitative estimate of drug-likeness (QED) is 0.656. The molecule has 1 amide bonds. The van der Waals surface area contributed by atoms with Crippen LogP contribution in [0.15, 0.2) is 35.0 Å². The Balaban J connectivity index is 1.97. The molecule has 0 aliphatic heterocycles. The second-order valence-corrected chi connectivity index (χ2v) is 5.84. The first-order valence-corrected chi connectivity index (χ1v) is 7.65. The molecule has 0 atom stereocenters. The molecule has 0 radical (unpaired) electrons. The number of amides is 1. The molecular formula is C15H17N3O3S. The van der Waals surface area contributed by atoms with Gasteiger partial charge in [0, 0.05) is 12.6 Å². The molecule has 1 N–H and O–H groups in total. The van der Waals surface area contributed by atoms with Crippen molar-refractivity contribution in [3.63, 3.8) is 0 Å².